The van der Waals surface area contributed by atoms with E-state index >= 15 is 0 Å². The molecule has 0 bridgehead atoms. The summed E-state index contributed by atoms with van der Waals surface area (Å²) >= 11 is 5.83. The van der Waals surface area contributed by atoms with E-state index in [2.05, 4.69) is 13.8 Å². The molecule has 1 aliphatic rings. The molecule has 1 heterocycles. The Labute approximate surface area is 129 Å². The fourth-order valence-corrected chi connectivity index (χ4v) is 4.27. The molecule has 0 amide bonds. The Morgan fingerprint density at radius 1 is 1.33 bits per heavy atom. The molecule has 0 aromatic heterocycles. The van der Waals surface area contributed by atoms with Crippen LogP contribution in [-0.2, 0) is 16.6 Å². The van der Waals surface area contributed by atoms with Gasteiger partial charge in [-0.3, -0.25) is 0 Å². The van der Waals surface area contributed by atoms with Crippen molar-refractivity contribution < 1.29 is 17.9 Å². The van der Waals surface area contributed by atoms with Gasteiger partial charge in [-0.2, -0.15) is 4.31 Å². The predicted molar refractivity (Wildman–Crippen MR) is 79.1 cm³/mol. The first-order valence-corrected chi connectivity index (χ1v) is 8.58. The molecule has 1 N–H and O–H groups in total. The minimum absolute atomic E-state index is 0.0924. The second-order valence-electron chi connectivity index (χ2n) is 6.10. The van der Waals surface area contributed by atoms with Gasteiger partial charge in [-0.05, 0) is 30.4 Å². The summed E-state index contributed by atoms with van der Waals surface area (Å²) < 4.78 is 40.7. The number of hydrogen-bond donors (Lipinski definition) is 1. The molecule has 0 saturated carbocycles. The number of halogens is 2. The number of aliphatic hydroxyl groups excluding tert-OH is 1. The zero-order valence-electron chi connectivity index (χ0n) is 12.1. The highest BCUT2D eigenvalue weighted by Crippen LogP contribution is 2.34. The van der Waals surface area contributed by atoms with E-state index in [1.165, 1.54) is 10.4 Å². The lowest BCUT2D eigenvalue weighted by Crippen LogP contribution is -2.41. The van der Waals surface area contributed by atoms with Crippen molar-refractivity contribution in [2.75, 3.05) is 13.1 Å². The van der Waals surface area contributed by atoms with Crippen LogP contribution in [0.5, 0.6) is 0 Å². The summed E-state index contributed by atoms with van der Waals surface area (Å²) in [6.07, 6.45) is 1.45. The van der Waals surface area contributed by atoms with Crippen molar-refractivity contribution in [1.29, 1.82) is 0 Å². The third-order valence-electron chi connectivity index (χ3n) is 3.94. The summed E-state index contributed by atoms with van der Waals surface area (Å²) in [5.74, 6) is -0.924. The van der Waals surface area contributed by atoms with Gasteiger partial charge in [0.25, 0.3) is 0 Å². The Morgan fingerprint density at radius 3 is 2.43 bits per heavy atom. The predicted octanol–water partition coefficient (Wildman–Crippen LogP) is 2.78. The van der Waals surface area contributed by atoms with Gasteiger partial charge < -0.3 is 5.11 Å². The number of aliphatic hydroxyl groups is 1. The number of piperidine rings is 1. The monoisotopic (exact) mass is 335 g/mol. The molecule has 0 spiro atoms. The third kappa shape index (κ3) is 3.39. The zero-order chi connectivity index (χ0) is 15.8. The van der Waals surface area contributed by atoms with Gasteiger partial charge in [0, 0.05) is 23.7 Å². The van der Waals surface area contributed by atoms with Crippen molar-refractivity contribution in [2.24, 2.45) is 5.41 Å². The van der Waals surface area contributed by atoms with Gasteiger partial charge in [0.2, 0.25) is 10.0 Å². The van der Waals surface area contributed by atoms with Crippen LogP contribution in [-0.4, -0.2) is 30.9 Å². The third-order valence-corrected chi connectivity index (χ3v) is 6.06. The number of benzene rings is 1. The number of rotatable bonds is 3. The second-order valence-corrected chi connectivity index (χ2v) is 8.45. The summed E-state index contributed by atoms with van der Waals surface area (Å²) in [5, 5.41) is 9.20. The van der Waals surface area contributed by atoms with Crippen LogP contribution in [0, 0.1) is 11.2 Å². The van der Waals surface area contributed by atoms with E-state index in [9.17, 15) is 12.8 Å². The van der Waals surface area contributed by atoms with Gasteiger partial charge in [-0.25, -0.2) is 12.8 Å². The summed E-state index contributed by atoms with van der Waals surface area (Å²) in [6, 6.07) is 2.33. The highest BCUT2D eigenvalue weighted by atomic mass is 35.5. The van der Waals surface area contributed by atoms with Crippen molar-refractivity contribution >= 4 is 21.6 Å². The first-order chi connectivity index (χ1) is 9.67. The van der Waals surface area contributed by atoms with Crippen LogP contribution in [0.3, 0.4) is 0 Å². The van der Waals surface area contributed by atoms with Crippen LogP contribution >= 0.6 is 11.6 Å². The van der Waals surface area contributed by atoms with E-state index in [0.29, 0.717) is 13.1 Å². The fourth-order valence-electron chi connectivity index (χ4n) is 2.39. The largest absolute Gasteiger partial charge is 0.392 e. The van der Waals surface area contributed by atoms with Gasteiger partial charge in [0.1, 0.15) is 10.7 Å². The molecule has 0 aliphatic carbocycles. The molecule has 1 saturated heterocycles. The molecule has 1 aromatic carbocycles. The number of nitrogens with zero attached hydrogens (tertiary/aromatic N) is 1. The lowest BCUT2D eigenvalue weighted by molar-refractivity contribution is 0.195. The molecule has 0 atom stereocenters. The average molecular weight is 336 g/mol. The molecule has 1 fully saturated rings. The zero-order valence-corrected chi connectivity index (χ0v) is 13.6. The molecule has 0 radical (unpaired) electrons. The molecular formula is C14H19ClFNO3S. The molecule has 1 aromatic rings. The van der Waals surface area contributed by atoms with E-state index in [0.717, 1.165) is 18.9 Å². The van der Waals surface area contributed by atoms with Crippen LogP contribution < -0.4 is 0 Å². The van der Waals surface area contributed by atoms with Crippen molar-refractivity contribution in [3.63, 3.8) is 0 Å². The molecular weight excluding hydrogens is 317 g/mol. The Bertz CT molecular complexity index is 636. The van der Waals surface area contributed by atoms with Crippen LogP contribution in [0.1, 0.15) is 32.3 Å². The molecule has 21 heavy (non-hydrogen) atoms. The summed E-state index contributed by atoms with van der Waals surface area (Å²) in [7, 11) is -3.94. The Hall–Kier alpha value is -0.690. The second kappa shape index (κ2) is 5.83. The van der Waals surface area contributed by atoms with Crippen molar-refractivity contribution in [3.05, 3.63) is 28.5 Å². The standard InChI is InChI=1S/C14H19ClFNO3S/c1-14(2)3-5-17(6-4-14)21(19,20)12-8-11(15)7-10(9-18)13(12)16/h7-8,18H,3-6,9H2,1-2H3. The number of hydrogen-bond acceptors (Lipinski definition) is 3. The maximum atomic E-state index is 14.2. The van der Waals surface area contributed by atoms with Crippen LogP contribution in [0.25, 0.3) is 0 Å². The summed E-state index contributed by atoms with van der Waals surface area (Å²) in [6.45, 7) is 4.29. The Balaban J connectivity index is 2.39. The SMILES string of the molecule is CC1(C)CCN(S(=O)(=O)c2cc(Cl)cc(CO)c2F)CC1. The first kappa shape index (κ1) is 16.7. The van der Waals surface area contributed by atoms with Crippen LogP contribution in [0.15, 0.2) is 17.0 Å². The molecule has 118 valence electrons. The first-order valence-electron chi connectivity index (χ1n) is 6.76. The number of sulfonamides is 1. The van der Waals surface area contributed by atoms with Gasteiger partial charge in [-0.15, -0.1) is 0 Å². The van der Waals surface area contributed by atoms with E-state index in [-0.39, 0.29) is 16.0 Å². The van der Waals surface area contributed by atoms with E-state index in [4.69, 9.17) is 16.7 Å². The maximum absolute atomic E-state index is 14.2. The average Bonchev–Trinajstić information content (AvgIpc) is 2.40. The van der Waals surface area contributed by atoms with Crippen molar-refractivity contribution in [2.45, 2.75) is 38.2 Å². The van der Waals surface area contributed by atoms with Crippen molar-refractivity contribution in [3.8, 4) is 0 Å². The minimum Gasteiger partial charge on any atom is -0.392 e. The van der Waals surface area contributed by atoms with Gasteiger partial charge in [0.05, 0.1) is 6.61 Å². The van der Waals surface area contributed by atoms with E-state index in [1.807, 2.05) is 0 Å². The smallest absolute Gasteiger partial charge is 0.246 e. The summed E-state index contributed by atoms with van der Waals surface area (Å²) in [4.78, 5) is -0.459. The fraction of sp³-hybridized carbons (Fsp3) is 0.571. The molecule has 0 unspecified atom stereocenters. The Morgan fingerprint density at radius 2 is 1.90 bits per heavy atom. The van der Waals surface area contributed by atoms with E-state index < -0.39 is 27.3 Å². The maximum Gasteiger partial charge on any atom is 0.246 e. The van der Waals surface area contributed by atoms with Crippen LogP contribution in [0.2, 0.25) is 5.02 Å². The van der Waals surface area contributed by atoms with E-state index in [1.54, 1.807) is 0 Å². The normalized spacial score (nSPS) is 19.7. The lowest BCUT2D eigenvalue weighted by Gasteiger charge is -2.36. The van der Waals surface area contributed by atoms with Crippen LogP contribution in [0.4, 0.5) is 4.39 Å². The molecule has 4 nitrogen and oxygen atoms in total. The topological polar surface area (TPSA) is 57.6 Å². The van der Waals surface area contributed by atoms with Crippen molar-refractivity contribution in [1.82, 2.24) is 4.31 Å². The molecule has 7 heteroatoms. The lowest BCUT2D eigenvalue weighted by atomic mass is 9.83. The Kier molecular flexibility index (Phi) is 4.63. The molecule has 2 rings (SSSR count). The van der Waals surface area contributed by atoms with Gasteiger partial charge in [-0.1, -0.05) is 25.4 Å². The quantitative estimate of drug-likeness (QED) is 0.924. The highest BCUT2D eigenvalue weighted by molar-refractivity contribution is 7.89. The van der Waals surface area contributed by atoms with Gasteiger partial charge >= 0.3 is 0 Å². The molecule has 1 aliphatic heterocycles. The van der Waals surface area contributed by atoms with Gasteiger partial charge in [0.15, 0.2) is 0 Å². The summed E-state index contributed by atoms with van der Waals surface area (Å²) in [5.41, 5.74) is -0.0202. The minimum atomic E-state index is -3.94. The highest BCUT2D eigenvalue weighted by Gasteiger charge is 2.34.